The molecule has 4 atom stereocenters. The summed E-state index contributed by atoms with van der Waals surface area (Å²) < 4.78 is 0. The second-order valence-corrected chi connectivity index (χ2v) is 5.30. The van der Waals surface area contributed by atoms with Crippen molar-refractivity contribution < 1.29 is 14.7 Å². The molecule has 0 radical (unpaired) electrons. The number of aliphatic hydroxyl groups excluding tert-OH is 1. The lowest BCUT2D eigenvalue weighted by Gasteiger charge is -2.31. The number of rotatable bonds is 1. The Kier molecular flexibility index (Phi) is 1.63. The van der Waals surface area contributed by atoms with Crippen LogP contribution in [-0.4, -0.2) is 16.7 Å². The average Bonchev–Trinajstić information content (AvgIpc) is 2.79. The van der Waals surface area contributed by atoms with Crippen molar-refractivity contribution in [2.24, 2.45) is 23.2 Å². The Balaban J connectivity index is 2.19. The second kappa shape index (κ2) is 2.65. The zero-order valence-electron chi connectivity index (χ0n) is 9.36. The summed E-state index contributed by atoms with van der Waals surface area (Å²) in [4.78, 5) is 23.6. The van der Waals surface area contributed by atoms with Gasteiger partial charge in [0.15, 0.2) is 11.6 Å². The van der Waals surface area contributed by atoms with E-state index >= 15 is 0 Å². The molecule has 0 heterocycles. The first-order valence-corrected chi connectivity index (χ1v) is 5.65. The first-order valence-electron chi connectivity index (χ1n) is 5.65. The van der Waals surface area contributed by atoms with Gasteiger partial charge in [0.1, 0.15) is 5.76 Å². The van der Waals surface area contributed by atoms with Gasteiger partial charge >= 0.3 is 0 Å². The van der Waals surface area contributed by atoms with Crippen LogP contribution in [0.4, 0.5) is 0 Å². The van der Waals surface area contributed by atoms with E-state index in [1.165, 1.54) is 6.92 Å². The summed E-state index contributed by atoms with van der Waals surface area (Å²) >= 11 is 0. The molecular formula is C13H14O3. The molecule has 0 aromatic carbocycles. The standard InChI is InChI=1S/C13H14O3/c1-6(14)9-11(15)10-7-3-4-8(5-7)13(10,2)12(9)16/h3-4,7-8,10,16H,5H2,1-2H3/t7-,8+,10+,13+/m1/s1. The normalized spacial score (nSPS) is 44.4. The van der Waals surface area contributed by atoms with Gasteiger partial charge in [0.05, 0.1) is 5.57 Å². The van der Waals surface area contributed by atoms with E-state index in [1.807, 2.05) is 6.92 Å². The van der Waals surface area contributed by atoms with Gasteiger partial charge in [-0.25, -0.2) is 0 Å². The second-order valence-electron chi connectivity index (χ2n) is 5.30. The van der Waals surface area contributed by atoms with Crippen LogP contribution in [0.15, 0.2) is 23.5 Å². The highest BCUT2D eigenvalue weighted by atomic mass is 16.3. The maximum Gasteiger partial charge on any atom is 0.174 e. The quantitative estimate of drug-likeness (QED) is 0.539. The third-order valence-electron chi connectivity index (χ3n) is 4.59. The highest BCUT2D eigenvalue weighted by Crippen LogP contribution is 2.63. The van der Waals surface area contributed by atoms with E-state index in [9.17, 15) is 14.7 Å². The van der Waals surface area contributed by atoms with E-state index in [-0.39, 0.29) is 40.7 Å². The summed E-state index contributed by atoms with van der Waals surface area (Å²) in [5.74, 6) is -0.208. The third-order valence-corrected chi connectivity index (χ3v) is 4.59. The summed E-state index contributed by atoms with van der Waals surface area (Å²) in [5.41, 5.74) is -0.469. The minimum atomic E-state index is -0.516. The predicted molar refractivity (Wildman–Crippen MR) is 57.7 cm³/mol. The average molecular weight is 218 g/mol. The van der Waals surface area contributed by atoms with E-state index < -0.39 is 5.41 Å². The van der Waals surface area contributed by atoms with Crippen molar-refractivity contribution in [2.45, 2.75) is 20.3 Å². The minimum Gasteiger partial charge on any atom is -0.511 e. The van der Waals surface area contributed by atoms with Gasteiger partial charge in [-0.2, -0.15) is 0 Å². The molecule has 1 saturated carbocycles. The molecule has 3 aliphatic carbocycles. The zero-order valence-corrected chi connectivity index (χ0v) is 9.36. The number of hydrogen-bond acceptors (Lipinski definition) is 3. The third kappa shape index (κ3) is 0.819. The minimum absolute atomic E-state index is 0.0341. The van der Waals surface area contributed by atoms with Crippen LogP contribution in [0.3, 0.4) is 0 Å². The van der Waals surface area contributed by atoms with Crippen LogP contribution in [-0.2, 0) is 9.59 Å². The van der Waals surface area contributed by atoms with Crippen molar-refractivity contribution in [2.75, 3.05) is 0 Å². The topological polar surface area (TPSA) is 54.4 Å². The smallest absolute Gasteiger partial charge is 0.174 e. The molecule has 0 unspecified atom stereocenters. The van der Waals surface area contributed by atoms with Gasteiger partial charge in [0.2, 0.25) is 0 Å². The van der Waals surface area contributed by atoms with Gasteiger partial charge in [0.25, 0.3) is 0 Å². The summed E-state index contributed by atoms with van der Waals surface area (Å²) in [6, 6.07) is 0. The van der Waals surface area contributed by atoms with Crippen molar-refractivity contribution >= 4 is 11.6 Å². The summed E-state index contributed by atoms with van der Waals surface area (Å²) in [6.45, 7) is 3.26. The van der Waals surface area contributed by atoms with E-state index in [0.29, 0.717) is 0 Å². The molecule has 2 bridgehead atoms. The predicted octanol–water partition coefficient (Wildman–Crippen LogP) is 1.80. The molecule has 0 aliphatic heterocycles. The number of Topliss-reactive ketones (excluding diaryl/α,β-unsaturated/α-hetero) is 2. The van der Waals surface area contributed by atoms with Crippen LogP contribution in [0.5, 0.6) is 0 Å². The number of ketones is 2. The Morgan fingerprint density at radius 1 is 1.50 bits per heavy atom. The van der Waals surface area contributed by atoms with E-state index in [1.54, 1.807) is 0 Å². The van der Waals surface area contributed by atoms with Gasteiger partial charge in [0, 0.05) is 11.3 Å². The molecule has 3 nitrogen and oxygen atoms in total. The molecule has 0 saturated heterocycles. The number of allylic oxidation sites excluding steroid dienone is 4. The molecule has 0 aromatic rings. The molecule has 0 spiro atoms. The zero-order chi connectivity index (χ0) is 11.7. The number of aliphatic hydroxyl groups is 1. The fourth-order valence-corrected chi connectivity index (χ4v) is 3.77. The Hall–Kier alpha value is -1.38. The molecule has 0 amide bonds. The Morgan fingerprint density at radius 3 is 2.75 bits per heavy atom. The molecular weight excluding hydrogens is 204 g/mol. The first-order chi connectivity index (χ1) is 7.48. The maximum absolute atomic E-state index is 12.2. The van der Waals surface area contributed by atoms with E-state index in [4.69, 9.17) is 0 Å². The molecule has 16 heavy (non-hydrogen) atoms. The highest BCUT2D eigenvalue weighted by molar-refractivity contribution is 6.23. The van der Waals surface area contributed by atoms with Crippen LogP contribution in [0, 0.1) is 23.2 Å². The van der Waals surface area contributed by atoms with Gasteiger partial charge < -0.3 is 5.11 Å². The van der Waals surface area contributed by atoms with Gasteiger partial charge in [-0.05, 0) is 25.2 Å². The largest absolute Gasteiger partial charge is 0.511 e. The summed E-state index contributed by atoms with van der Waals surface area (Å²) in [5, 5.41) is 10.2. The van der Waals surface area contributed by atoms with E-state index in [2.05, 4.69) is 12.2 Å². The molecule has 1 N–H and O–H groups in total. The Morgan fingerprint density at radius 2 is 2.19 bits per heavy atom. The van der Waals surface area contributed by atoms with Crippen molar-refractivity contribution in [1.29, 1.82) is 0 Å². The van der Waals surface area contributed by atoms with Crippen LogP contribution in [0.1, 0.15) is 20.3 Å². The lowest BCUT2D eigenvalue weighted by atomic mass is 9.71. The Labute approximate surface area is 93.8 Å². The van der Waals surface area contributed by atoms with Crippen LogP contribution < -0.4 is 0 Å². The van der Waals surface area contributed by atoms with E-state index in [0.717, 1.165) is 6.42 Å². The molecule has 0 aromatic heterocycles. The Bertz CT molecular complexity index is 472. The van der Waals surface area contributed by atoms with Gasteiger partial charge in [-0.15, -0.1) is 0 Å². The highest BCUT2D eigenvalue weighted by Gasteiger charge is 2.63. The summed E-state index contributed by atoms with van der Waals surface area (Å²) in [7, 11) is 0. The van der Waals surface area contributed by atoms with Crippen molar-refractivity contribution in [1.82, 2.24) is 0 Å². The van der Waals surface area contributed by atoms with Crippen molar-refractivity contribution in [3.63, 3.8) is 0 Å². The fourth-order valence-electron chi connectivity index (χ4n) is 3.77. The van der Waals surface area contributed by atoms with Gasteiger partial charge in [-0.3, -0.25) is 9.59 Å². The lowest BCUT2D eigenvalue weighted by molar-refractivity contribution is -0.123. The summed E-state index contributed by atoms with van der Waals surface area (Å²) in [6.07, 6.45) is 5.07. The van der Waals surface area contributed by atoms with Crippen molar-refractivity contribution in [3.05, 3.63) is 23.5 Å². The molecule has 3 heteroatoms. The molecule has 1 fully saturated rings. The number of carbonyl (C=O) groups is 2. The number of carbonyl (C=O) groups excluding carboxylic acids is 2. The molecule has 3 aliphatic rings. The number of hydrogen-bond donors (Lipinski definition) is 1. The lowest BCUT2D eigenvalue weighted by Crippen LogP contribution is -2.32. The van der Waals surface area contributed by atoms with Crippen LogP contribution in [0.25, 0.3) is 0 Å². The molecule has 3 rings (SSSR count). The molecule has 84 valence electrons. The van der Waals surface area contributed by atoms with Crippen molar-refractivity contribution in [3.8, 4) is 0 Å². The monoisotopic (exact) mass is 218 g/mol. The van der Waals surface area contributed by atoms with Crippen LogP contribution >= 0.6 is 0 Å². The SMILES string of the molecule is CC(=O)C1=C(O)[C@]2(C)[C@H](C1=O)[C@@H]1C=C[C@H]2C1. The number of fused-ring (bicyclic) bond motifs is 5. The van der Waals surface area contributed by atoms with Crippen LogP contribution in [0.2, 0.25) is 0 Å². The first kappa shape index (κ1) is 9.82. The maximum atomic E-state index is 12.2. The van der Waals surface area contributed by atoms with Gasteiger partial charge in [-0.1, -0.05) is 19.1 Å². The fraction of sp³-hybridized carbons (Fsp3) is 0.538.